The molecule has 0 bridgehead atoms. The van der Waals surface area contributed by atoms with Crippen LogP contribution in [-0.4, -0.2) is 45.7 Å². The lowest BCUT2D eigenvalue weighted by Gasteiger charge is -2.29. The molecule has 5 nitrogen and oxygen atoms in total. The molecule has 1 amide bonds. The molecule has 3 rings (SSSR count). The van der Waals surface area contributed by atoms with Gasteiger partial charge in [0.15, 0.2) is 6.54 Å². The maximum absolute atomic E-state index is 13.5. The average Bonchev–Trinajstić information content (AvgIpc) is 2.65. The number of carbonyl (C=O) groups excluding carboxylic acids is 1. The zero-order valence-electron chi connectivity index (χ0n) is 16.0. The molecule has 0 unspecified atom stereocenters. The molecule has 0 saturated carbocycles. The van der Waals surface area contributed by atoms with E-state index in [1.54, 1.807) is 19.2 Å². The molecule has 0 radical (unpaired) electrons. The van der Waals surface area contributed by atoms with Crippen molar-refractivity contribution in [2.75, 3.05) is 45.2 Å². The molecule has 0 aliphatic carbocycles. The lowest BCUT2D eigenvalue weighted by Crippen LogP contribution is -3.28. The van der Waals surface area contributed by atoms with Crippen molar-refractivity contribution in [3.63, 3.8) is 0 Å². The van der Waals surface area contributed by atoms with Crippen LogP contribution in [0.3, 0.4) is 0 Å². The quantitative estimate of drug-likeness (QED) is 0.671. The molecule has 0 spiro atoms. The lowest BCUT2D eigenvalue weighted by molar-refractivity contribution is -1.02. The van der Waals surface area contributed by atoms with Crippen LogP contribution in [0.5, 0.6) is 5.75 Å². The maximum Gasteiger partial charge on any atom is 0.279 e. The van der Waals surface area contributed by atoms with E-state index in [-0.39, 0.29) is 11.7 Å². The molecule has 0 atom stereocenters. The van der Waals surface area contributed by atoms with Gasteiger partial charge in [0, 0.05) is 5.69 Å². The Morgan fingerprint density at radius 1 is 1.11 bits per heavy atom. The van der Waals surface area contributed by atoms with E-state index in [0.29, 0.717) is 6.54 Å². The number of aryl methyl sites for hydroxylation is 1. The van der Waals surface area contributed by atoms with E-state index in [9.17, 15) is 9.18 Å². The van der Waals surface area contributed by atoms with Crippen LogP contribution in [0.4, 0.5) is 10.1 Å². The van der Waals surface area contributed by atoms with E-state index in [0.717, 1.165) is 55.3 Å². The van der Waals surface area contributed by atoms with Crippen molar-refractivity contribution < 1.29 is 23.7 Å². The highest BCUT2D eigenvalue weighted by Crippen LogP contribution is 2.18. The van der Waals surface area contributed by atoms with Crippen LogP contribution in [0.15, 0.2) is 42.5 Å². The predicted molar refractivity (Wildman–Crippen MR) is 103 cm³/mol. The molecule has 1 aliphatic rings. The van der Waals surface area contributed by atoms with Crippen LogP contribution in [-0.2, 0) is 11.3 Å². The minimum absolute atomic E-state index is 0.0505. The van der Waals surface area contributed by atoms with Crippen LogP contribution < -0.4 is 19.9 Å². The molecular formula is C21H28FN3O2+2. The van der Waals surface area contributed by atoms with Gasteiger partial charge in [0.1, 0.15) is 44.3 Å². The Balaban J connectivity index is 1.48. The molecule has 1 fully saturated rings. The third kappa shape index (κ3) is 5.28. The second kappa shape index (κ2) is 8.97. The SMILES string of the molecule is COc1ccc(F)cc1C[NH+]1CC[NH+](CC(=O)Nc2ccccc2C)CC1. The van der Waals surface area contributed by atoms with Gasteiger partial charge < -0.3 is 19.9 Å². The van der Waals surface area contributed by atoms with Crippen molar-refractivity contribution in [3.8, 4) is 5.75 Å². The number of hydrogen-bond acceptors (Lipinski definition) is 2. The van der Waals surface area contributed by atoms with Crippen LogP contribution in [0.1, 0.15) is 11.1 Å². The van der Waals surface area contributed by atoms with Crippen molar-refractivity contribution >= 4 is 11.6 Å². The molecule has 0 aromatic heterocycles. The number of piperazine rings is 1. The first-order valence-electron chi connectivity index (χ1n) is 9.40. The predicted octanol–water partition coefficient (Wildman–Crippen LogP) is 0.0648. The molecule has 144 valence electrons. The van der Waals surface area contributed by atoms with Crippen molar-refractivity contribution in [2.24, 2.45) is 0 Å². The molecule has 1 heterocycles. The summed E-state index contributed by atoms with van der Waals surface area (Å²) in [4.78, 5) is 15.0. The number of nitrogens with one attached hydrogen (secondary N) is 3. The smallest absolute Gasteiger partial charge is 0.279 e. The number of hydrogen-bond donors (Lipinski definition) is 3. The number of methoxy groups -OCH3 is 1. The van der Waals surface area contributed by atoms with E-state index in [4.69, 9.17) is 4.74 Å². The number of halogens is 1. The second-order valence-corrected chi connectivity index (χ2v) is 7.17. The van der Waals surface area contributed by atoms with Gasteiger partial charge in [0.2, 0.25) is 0 Å². The molecule has 1 aliphatic heterocycles. The van der Waals surface area contributed by atoms with E-state index >= 15 is 0 Å². The van der Waals surface area contributed by atoms with E-state index < -0.39 is 0 Å². The second-order valence-electron chi connectivity index (χ2n) is 7.17. The largest absolute Gasteiger partial charge is 0.496 e. The number of amides is 1. The summed E-state index contributed by atoms with van der Waals surface area (Å²) < 4.78 is 18.9. The van der Waals surface area contributed by atoms with Crippen LogP contribution in [0, 0.1) is 12.7 Å². The number of carbonyl (C=O) groups is 1. The Bertz CT molecular complexity index is 789. The van der Waals surface area contributed by atoms with E-state index in [1.165, 1.54) is 15.9 Å². The van der Waals surface area contributed by atoms with Gasteiger partial charge in [-0.2, -0.15) is 0 Å². The van der Waals surface area contributed by atoms with Gasteiger partial charge in [0.05, 0.1) is 12.7 Å². The Kier molecular flexibility index (Phi) is 6.42. The lowest BCUT2D eigenvalue weighted by atomic mass is 10.1. The first-order valence-corrected chi connectivity index (χ1v) is 9.40. The van der Waals surface area contributed by atoms with Crippen molar-refractivity contribution in [2.45, 2.75) is 13.5 Å². The van der Waals surface area contributed by atoms with E-state index in [1.807, 2.05) is 31.2 Å². The first kappa shape index (κ1) is 19.3. The van der Waals surface area contributed by atoms with E-state index in [2.05, 4.69) is 5.32 Å². The van der Waals surface area contributed by atoms with Gasteiger partial charge in [-0.15, -0.1) is 0 Å². The van der Waals surface area contributed by atoms with Gasteiger partial charge >= 0.3 is 0 Å². The molecular weight excluding hydrogens is 345 g/mol. The number of quaternary nitrogens is 2. The average molecular weight is 373 g/mol. The number of anilines is 1. The van der Waals surface area contributed by atoms with Crippen molar-refractivity contribution in [1.29, 1.82) is 0 Å². The summed E-state index contributed by atoms with van der Waals surface area (Å²) in [6, 6.07) is 12.5. The number of benzene rings is 2. The zero-order chi connectivity index (χ0) is 19.2. The standard InChI is InChI=1S/C21H26FN3O2/c1-16-5-3-4-6-19(16)23-21(26)15-25-11-9-24(10-12-25)14-17-13-18(22)7-8-20(17)27-2/h3-8,13H,9-12,14-15H2,1-2H3,(H,23,26)/p+2. The minimum atomic E-state index is -0.234. The van der Waals surface area contributed by atoms with Gasteiger partial charge in [0.25, 0.3) is 5.91 Å². The van der Waals surface area contributed by atoms with Crippen molar-refractivity contribution in [3.05, 3.63) is 59.4 Å². The monoisotopic (exact) mass is 373 g/mol. The Morgan fingerprint density at radius 3 is 2.52 bits per heavy atom. The third-order valence-electron chi connectivity index (χ3n) is 5.18. The normalized spacial score (nSPS) is 19.5. The summed E-state index contributed by atoms with van der Waals surface area (Å²) >= 11 is 0. The highest BCUT2D eigenvalue weighted by molar-refractivity contribution is 5.92. The van der Waals surface area contributed by atoms with Gasteiger partial charge in [-0.25, -0.2) is 4.39 Å². The van der Waals surface area contributed by atoms with Crippen LogP contribution in [0.25, 0.3) is 0 Å². The summed E-state index contributed by atoms with van der Waals surface area (Å²) in [5.41, 5.74) is 2.84. The molecule has 2 aromatic carbocycles. The third-order valence-corrected chi connectivity index (χ3v) is 5.18. The molecule has 2 aromatic rings. The zero-order valence-corrected chi connectivity index (χ0v) is 16.0. The fourth-order valence-corrected chi connectivity index (χ4v) is 3.60. The summed E-state index contributed by atoms with van der Waals surface area (Å²) in [7, 11) is 1.61. The minimum Gasteiger partial charge on any atom is -0.496 e. The Hall–Kier alpha value is -2.44. The molecule has 1 saturated heterocycles. The first-order chi connectivity index (χ1) is 13.0. The Labute approximate surface area is 159 Å². The van der Waals surface area contributed by atoms with Gasteiger partial charge in [-0.05, 0) is 36.8 Å². The van der Waals surface area contributed by atoms with Crippen molar-refractivity contribution in [1.82, 2.24) is 0 Å². The molecule has 6 heteroatoms. The van der Waals surface area contributed by atoms with Gasteiger partial charge in [-0.1, -0.05) is 18.2 Å². The van der Waals surface area contributed by atoms with Gasteiger partial charge in [-0.3, -0.25) is 4.79 Å². The highest BCUT2D eigenvalue weighted by atomic mass is 19.1. The topological polar surface area (TPSA) is 47.2 Å². The number of ether oxygens (including phenoxy) is 1. The molecule has 3 N–H and O–H groups in total. The summed E-state index contributed by atoms with van der Waals surface area (Å²) in [6.07, 6.45) is 0. The fraction of sp³-hybridized carbons (Fsp3) is 0.381. The fourth-order valence-electron chi connectivity index (χ4n) is 3.60. The number of rotatable bonds is 6. The maximum atomic E-state index is 13.5. The van der Waals surface area contributed by atoms with Crippen LogP contribution >= 0.6 is 0 Å². The molecule has 27 heavy (non-hydrogen) atoms. The Morgan fingerprint density at radius 2 is 1.81 bits per heavy atom. The highest BCUT2D eigenvalue weighted by Gasteiger charge is 2.25. The summed E-state index contributed by atoms with van der Waals surface area (Å²) in [5, 5.41) is 3.01. The number of para-hydroxylation sites is 1. The van der Waals surface area contributed by atoms with Crippen LogP contribution in [0.2, 0.25) is 0 Å². The summed E-state index contributed by atoms with van der Waals surface area (Å²) in [5.74, 6) is 0.549. The summed E-state index contributed by atoms with van der Waals surface area (Å²) in [6.45, 7) is 6.96.